The molecular formula is C19H23N3O3. The molecular weight excluding hydrogens is 318 g/mol. The van der Waals surface area contributed by atoms with Crippen molar-refractivity contribution >= 4 is 11.9 Å². The smallest absolute Gasteiger partial charge is 0.303 e. The number of amides is 1. The molecule has 2 aromatic rings. The number of likely N-dealkylation sites (tertiary alicyclic amines) is 1. The predicted molar refractivity (Wildman–Crippen MR) is 93.8 cm³/mol. The van der Waals surface area contributed by atoms with Crippen molar-refractivity contribution < 1.29 is 14.7 Å². The number of nitrogens with zero attached hydrogens (tertiary/aromatic N) is 3. The lowest BCUT2D eigenvalue weighted by atomic mass is 9.97. The van der Waals surface area contributed by atoms with Crippen LogP contribution in [0.2, 0.25) is 0 Å². The van der Waals surface area contributed by atoms with Crippen molar-refractivity contribution in [1.29, 1.82) is 0 Å². The Morgan fingerprint density at radius 2 is 2.00 bits per heavy atom. The first-order chi connectivity index (χ1) is 12.1. The van der Waals surface area contributed by atoms with E-state index in [1.165, 1.54) is 0 Å². The Bertz CT molecular complexity index is 755. The number of carbonyl (C=O) groups excluding carboxylic acids is 1. The zero-order valence-corrected chi connectivity index (χ0v) is 14.4. The van der Waals surface area contributed by atoms with E-state index in [2.05, 4.69) is 5.10 Å². The molecule has 1 atom stereocenters. The van der Waals surface area contributed by atoms with Crippen LogP contribution in [0.4, 0.5) is 0 Å². The van der Waals surface area contributed by atoms with Gasteiger partial charge in [0.05, 0.1) is 23.1 Å². The summed E-state index contributed by atoms with van der Waals surface area (Å²) < 4.78 is 1.77. The number of aromatic nitrogens is 2. The predicted octanol–water partition coefficient (Wildman–Crippen LogP) is 3.04. The standard InChI is InChI=1S/C19H23N3O3/c1-14-17(13-20-22(14)16-8-3-2-4-9-16)19(25)21-12-6-5-7-15(21)10-11-18(23)24/h2-4,8-9,13,15H,5-7,10-12H2,1H3,(H,23,24). The summed E-state index contributed by atoms with van der Waals surface area (Å²) in [6.07, 6.45) is 5.08. The summed E-state index contributed by atoms with van der Waals surface area (Å²) in [7, 11) is 0. The van der Waals surface area contributed by atoms with E-state index < -0.39 is 5.97 Å². The van der Waals surface area contributed by atoms with E-state index in [9.17, 15) is 9.59 Å². The van der Waals surface area contributed by atoms with Crippen molar-refractivity contribution in [3.05, 3.63) is 47.8 Å². The minimum absolute atomic E-state index is 0.00294. The van der Waals surface area contributed by atoms with Gasteiger partial charge in [-0.3, -0.25) is 9.59 Å². The highest BCUT2D eigenvalue weighted by Crippen LogP contribution is 2.24. The van der Waals surface area contributed by atoms with Gasteiger partial charge in [-0.05, 0) is 44.7 Å². The zero-order valence-electron chi connectivity index (χ0n) is 14.4. The molecule has 0 spiro atoms. The molecule has 0 saturated carbocycles. The number of carboxylic acids is 1. The van der Waals surface area contributed by atoms with Crippen LogP contribution >= 0.6 is 0 Å². The Morgan fingerprint density at radius 1 is 1.24 bits per heavy atom. The van der Waals surface area contributed by atoms with Crippen molar-refractivity contribution in [1.82, 2.24) is 14.7 Å². The maximum Gasteiger partial charge on any atom is 0.303 e. The van der Waals surface area contributed by atoms with Crippen molar-refractivity contribution in [3.63, 3.8) is 0 Å². The number of para-hydroxylation sites is 1. The SMILES string of the molecule is Cc1c(C(=O)N2CCCCC2CCC(=O)O)cnn1-c1ccccc1. The average molecular weight is 341 g/mol. The largest absolute Gasteiger partial charge is 0.481 e. The van der Waals surface area contributed by atoms with E-state index in [0.29, 0.717) is 18.5 Å². The second-order valence-electron chi connectivity index (χ2n) is 6.47. The molecule has 1 unspecified atom stereocenters. The Morgan fingerprint density at radius 3 is 2.72 bits per heavy atom. The van der Waals surface area contributed by atoms with Crippen LogP contribution in [0.3, 0.4) is 0 Å². The maximum atomic E-state index is 13.0. The first-order valence-corrected chi connectivity index (χ1v) is 8.70. The molecule has 6 heteroatoms. The third-order valence-corrected chi connectivity index (χ3v) is 4.82. The summed E-state index contributed by atoms with van der Waals surface area (Å²) in [5, 5.41) is 13.3. The van der Waals surface area contributed by atoms with Gasteiger partial charge in [0, 0.05) is 19.0 Å². The van der Waals surface area contributed by atoms with Gasteiger partial charge in [-0.2, -0.15) is 5.10 Å². The molecule has 6 nitrogen and oxygen atoms in total. The fourth-order valence-corrected chi connectivity index (χ4v) is 3.46. The van der Waals surface area contributed by atoms with E-state index >= 15 is 0 Å². The van der Waals surface area contributed by atoms with Gasteiger partial charge in [-0.15, -0.1) is 0 Å². The molecule has 1 aliphatic rings. The van der Waals surface area contributed by atoms with Gasteiger partial charge in [0.2, 0.25) is 0 Å². The first kappa shape index (κ1) is 17.2. The number of carboxylic acid groups (broad SMARTS) is 1. The Balaban J connectivity index is 1.82. The van der Waals surface area contributed by atoms with E-state index in [-0.39, 0.29) is 18.4 Å². The molecule has 2 heterocycles. The van der Waals surface area contributed by atoms with Crippen molar-refractivity contribution in [2.24, 2.45) is 0 Å². The normalized spacial score (nSPS) is 17.5. The molecule has 0 bridgehead atoms. The van der Waals surface area contributed by atoms with Gasteiger partial charge in [0.15, 0.2) is 0 Å². The van der Waals surface area contributed by atoms with Crippen LogP contribution in [0.5, 0.6) is 0 Å². The number of benzene rings is 1. The minimum atomic E-state index is -0.814. The van der Waals surface area contributed by atoms with Crippen LogP contribution in [0.15, 0.2) is 36.5 Å². The van der Waals surface area contributed by atoms with E-state index in [1.54, 1.807) is 10.9 Å². The second-order valence-corrected chi connectivity index (χ2v) is 6.47. The summed E-state index contributed by atoms with van der Waals surface area (Å²) in [4.78, 5) is 25.8. The van der Waals surface area contributed by atoms with Gasteiger partial charge >= 0.3 is 5.97 Å². The molecule has 0 aliphatic carbocycles. The summed E-state index contributed by atoms with van der Waals surface area (Å²) in [6.45, 7) is 2.57. The fraction of sp³-hybridized carbons (Fsp3) is 0.421. The third-order valence-electron chi connectivity index (χ3n) is 4.82. The average Bonchev–Trinajstić information content (AvgIpc) is 3.02. The number of hydrogen-bond acceptors (Lipinski definition) is 3. The number of aliphatic carboxylic acids is 1. The number of hydrogen-bond donors (Lipinski definition) is 1. The lowest BCUT2D eigenvalue weighted by molar-refractivity contribution is -0.137. The maximum absolute atomic E-state index is 13.0. The summed E-state index contributed by atoms with van der Waals surface area (Å²) in [6, 6.07) is 9.71. The molecule has 1 fully saturated rings. The highest BCUT2D eigenvalue weighted by molar-refractivity contribution is 5.95. The van der Waals surface area contributed by atoms with Gasteiger partial charge in [-0.1, -0.05) is 18.2 Å². The molecule has 1 N–H and O–H groups in total. The monoisotopic (exact) mass is 341 g/mol. The Labute approximate surface area is 147 Å². The minimum Gasteiger partial charge on any atom is -0.481 e. The van der Waals surface area contributed by atoms with E-state index in [4.69, 9.17) is 5.11 Å². The van der Waals surface area contributed by atoms with Crippen LogP contribution in [0.25, 0.3) is 5.69 Å². The van der Waals surface area contributed by atoms with Crippen molar-refractivity contribution in [2.45, 2.75) is 45.1 Å². The van der Waals surface area contributed by atoms with Gasteiger partial charge in [0.25, 0.3) is 5.91 Å². The lowest BCUT2D eigenvalue weighted by Crippen LogP contribution is -2.44. The van der Waals surface area contributed by atoms with Crippen LogP contribution in [0, 0.1) is 6.92 Å². The second kappa shape index (κ2) is 7.51. The number of rotatable bonds is 5. The van der Waals surface area contributed by atoms with Gasteiger partial charge in [0.1, 0.15) is 0 Å². The number of carbonyl (C=O) groups is 2. The van der Waals surface area contributed by atoms with Gasteiger partial charge < -0.3 is 10.0 Å². The van der Waals surface area contributed by atoms with Crippen molar-refractivity contribution in [3.8, 4) is 5.69 Å². The molecule has 1 aromatic heterocycles. The van der Waals surface area contributed by atoms with Crippen molar-refractivity contribution in [2.75, 3.05) is 6.54 Å². The third kappa shape index (κ3) is 3.73. The molecule has 1 aliphatic heterocycles. The molecule has 1 amide bonds. The molecule has 1 saturated heterocycles. The van der Waals surface area contributed by atoms with Crippen LogP contribution in [-0.4, -0.2) is 44.3 Å². The highest BCUT2D eigenvalue weighted by atomic mass is 16.4. The molecule has 25 heavy (non-hydrogen) atoms. The van der Waals surface area contributed by atoms with E-state index in [0.717, 1.165) is 30.6 Å². The topological polar surface area (TPSA) is 75.4 Å². The van der Waals surface area contributed by atoms with Crippen LogP contribution < -0.4 is 0 Å². The lowest BCUT2D eigenvalue weighted by Gasteiger charge is -2.35. The zero-order chi connectivity index (χ0) is 17.8. The summed E-state index contributed by atoms with van der Waals surface area (Å²) >= 11 is 0. The quantitative estimate of drug-likeness (QED) is 0.907. The first-order valence-electron chi connectivity index (χ1n) is 8.70. The Hall–Kier alpha value is -2.63. The molecule has 0 radical (unpaired) electrons. The molecule has 132 valence electrons. The van der Waals surface area contributed by atoms with E-state index in [1.807, 2.05) is 42.2 Å². The van der Waals surface area contributed by atoms with Crippen LogP contribution in [-0.2, 0) is 4.79 Å². The number of piperidine rings is 1. The summed E-state index contributed by atoms with van der Waals surface area (Å²) in [5.41, 5.74) is 2.31. The molecule has 3 rings (SSSR count). The molecule has 1 aromatic carbocycles. The highest BCUT2D eigenvalue weighted by Gasteiger charge is 2.29. The Kier molecular flexibility index (Phi) is 5.16. The van der Waals surface area contributed by atoms with Crippen LogP contribution in [0.1, 0.15) is 48.2 Å². The van der Waals surface area contributed by atoms with Gasteiger partial charge in [-0.25, -0.2) is 4.68 Å². The fourth-order valence-electron chi connectivity index (χ4n) is 3.46. The summed E-state index contributed by atoms with van der Waals surface area (Å²) in [5.74, 6) is -0.860.